The Morgan fingerprint density at radius 1 is 1.46 bits per heavy atom. The molecule has 0 aliphatic heterocycles. The molecule has 72 valence electrons. The van der Waals surface area contributed by atoms with E-state index in [2.05, 4.69) is 19.9 Å². The first kappa shape index (κ1) is 10.6. The normalized spacial score (nSPS) is 12.9. The minimum atomic E-state index is 0.542. The third-order valence-corrected chi connectivity index (χ3v) is 2.51. The molecule has 0 amide bonds. The Bertz CT molecular complexity index is 283. The van der Waals surface area contributed by atoms with E-state index in [0.29, 0.717) is 5.92 Å². The summed E-state index contributed by atoms with van der Waals surface area (Å²) in [5.41, 5.74) is 8.18. The second kappa shape index (κ2) is 4.64. The average Bonchev–Trinajstić information content (AvgIpc) is 2.09. The molecule has 1 atom stereocenters. The Morgan fingerprint density at radius 2 is 2.15 bits per heavy atom. The number of benzene rings is 1. The van der Waals surface area contributed by atoms with Gasteiger partial charge >= 0.3 is 0 Å². The summed E-state index contributed by atoms with van der Waals surface area (Å²) in [5, 5.41) is 0.807. The highest BCUT2D eigenvalue weighted by Gasteiger charge is 2.04. The van der Waals surface area contributed by atoms with Gasteiger partial charge in [-0.15, -0.1) is 0 Å². The molecule has 1 unspecified atom stereocenters. The number of nitrogens with two attached hydrogens (primary N) is 1. The molecule has 13 heavy (non-hydrogen) atoms. The molecule has 0 fully saturated rings. The van der Waals surface area contributed by atoms with Crippen LogP contribution in [0.1, 0.15) is 18.1 Å². The van der Waals surface area contributed by atoms with Crippen molar-refractivity contribution < 1.29 is 0 Å². The van der Waals surface area contributed by atoms with Gasteiger partial charge in [0, 0.05) is 5.02 Å². The standard InChI is InChI=1S/C11H16ClN/c1-8(7-13)5-10-3-4-11(12)6-9(10)2/h3-4,6,8H,5,7,13H2,1-2H3. The van der Waals surface area contributed by atoms with E-state index >= 15 is 0 Å². The van der Waals surface area contributed by atoms with Crippen molar-refractivity contribution in [2.75, 3.05) is 6.54 Å². The van der Waals surface area contributed by atoms with Gasteiger partial charge in [0.15, 0.2) is 0 Å². The Hall–Kier alpha value is -0.530. The lowest BCUT2D eigenvalue weighted by molar-refractivity contribution is 0.591. The highest BCUT2D eigenvalue weighted by Crippen LogP contribution is 2.17. The summed E-state index contributed by atoms with van der Waals surface area (Å²) in [7, 11) is 0. The van der Waals surface area contributed by atoms with Gasteiger partial charge in [-0.2, -0.15) is 0 Å². The van der Waals surface area contributed by atoms with Crippen LogP contribution in [0.4, 0.5) is 0 Å². The van der Waals surface area contributed by atoms with Crippen molar-refractivity contribution in [2.45, 2.75) is 20.3 Å². The van der Waals surface area contributed by atoms with Crippen molar-refractivity contribution in [2.24, 2.45) is 11.7 Å². The lowest BCUT2D eigenvalue weighted by atomic mass is 9.98. The van der Waals surface area contributed by atoms with Crippen LogP contribution >= 0.6 is 11.6 Å². The molecular weight excluding hydrogens is 182 g/mol. The second-order valence-corrected chi connectivity index (χ2v) is 4.05. The van der Waals surface area contributed by atoms with Gasteiger partial charge in [0.25, 0.3) is 0 Å². The Morgan fingerprint density at radius 3 is 2.69 bits per heavy atom. The number of rotatable bonds is 3. The molecule has 0 radical (unpaired) electrons. The van der Waals surface area contributed by atoms with Crippen molar-refractivity contribution in [1.29, 1.82) is 0 Å². The molecule has 0 spiro atoms. The molecule has 0 aliphatic rings. The molecule has 1 rings (SSSR count). The topological polar surface area (TPSA) is 26.0 Å². The van der Waals surface area contributed by atoms with E-state index in [4.69, 9.17) is 17.3 Å². The molecule has 0 aromatic heterocycles. The van der Waals surface area contributed by atoms with Crippen LogP contribution in [-0.4, -0.2) is 6.54 Å². The highest BCUT2D eigenvalue weighted by molar-refractivity contribution is 6.30. The first-order valence-corrected chi connectivity index (χ1v) is 4.96. The zero-order chi connectivity index (χ0) is 9.84. The molecule has 0 saturated carbocycles. The van der Waals surface area contributed by atoms with Crippen molar-refractivity contribution in [3.05, 3.63) is 34.3 Å². The predicted molar refractivity (Wildman–Crippen MR) is 58.1 cm³/mol. The molecule has 0 aliphatic carbocycles. The van der Waals surface area contributed by atoms with Gasteiger partial charge in [-0.05, 0) is 49.1 Å². The molecule has 1 aromatic carbocycles. The summed E-state index contributed by atoms with van der Waals surface area (Å²) >= 11 is 5.86. The third-order valence-electron chi connectivity index (χ3n) is 2.28. The quantitative estimate of drug-likeness (QED) is 0.793. The summed E-state index contributed by atoms with van der Waals surface area (Å²) in [5.74, 6) is 0.542. The molecule has 0 heterocycles. The van der Waals surface area contributed by atoms with Gasteiger partial charge in [-0.3, -0.25) is 0 Å². The summed E-state index contributed by atoms with van der Waals surface area (Å²) in [6.45, 7) is 4.99. The minimum Gasteiger partial charge on any atom is -0.330 e. The van der Waals surface area contributed by atoms with Gasteiger partial charge in [0.05, 0.1) is 0 Å². The fourth-order valence-electron chi connectivity index (χ4n) is 1.35. The Kier molecular flexibility index (Phi) is 3.76. The maximum absolute atomic E-state index is 5.86. The zero-order valence-corrected chi connectivity index (χ0v) is 8.93. The zero-order valence-electron chi connectivity index (χ0n) is 8.18. The molecule has 2 heteroatoms. The van der Waals surface area contributed by atoms with Crippen LogP contribution < -0.4 is 5.73 Å². The van der Waals surface area contributed by atoms with Crippen LogP contribution in [0.15, 0.2) is 18.2 Å². The summed E-state index contributed by atoms with van der Waals surface area (Å²) in [6, 6.07) is 6.02. The first-order valence-electron chi connectivity index (χ1n) is 4.58. The predicted octanol–water partition coefficient (Wildman–Crippen LogP) is 2.79. The van der Waals surface area contributed by atoms with Crippen LogP contribution in [0.2, 0.25) is 5.02 Å². The first-order chi connectivity index (χ1) is 6.13. The van der Waals surface area contributed by atoms with E-state index in [9.17, 15) is 0 Å². The van der Waals surface area contributed by atoms with Gasteiger partial charge in [0.1, 0.15) is 0 Å². The van der Waals surface area contributed by atoms with E-state index in [-0.39, 0.29) is 0 Å². The third kappa shape index (κ3) is 3.02. The summed E-state index contributed by atoms with van der Waals surface area (Å²) < 4.78 is 0. The van der Waals surface area contributed by atoms with Crippen molar-refractivity contribution in [3.8, 4) is 0 Å². The van der Waals surface area contributed by atoms with Crippen molar-refractivity contribution in [3.63, 3.8) is 0 Å². The summed E-state index contributed by atoms with van der Waals surface area (Å²) in [4.78, 5) is 0. The van der Waals surface area contributed by atoms with Crippen molar-refractivity contribution in [1.82, 2.24) is 0 Å². The van der Waals surface area contributed by atoms with Crippen LogP contribution in [0.3, 0.4) is 0 Å². The number of aryl methyl sites for hydroxylation is 1. The largest absolute Gasteiger partial charge is 0.330 e. The van der Waals surface area contributed by atoms with E-state index in [1.165, 1.54) is 11.1 Å². The summed E-state index contributed by atoms with van der Waals surface area (Å²) in [6.07, 6.45) is 1.04. The second-order valence-electron chi connectivity index (χ2n) is 3.62. The van der Waals surface area contributed by atoms with Crippen LogP contribution in [0.25, 0.3) is 0 Å². The lowest BCUT2D eigenvalue weighted by Gasteiger charge is -2.10. The molecule has 1 aromatic rings. The molecule has 0 bridgehead atoms. The smallest absolute Gasteiger partial charge is 0.0408 e. The number of hydrogen-bond donors (Lipinski definition) is 1. The van der Waals surface area contributed by atoms with Crippen LogP contribution in [0, 0.1) is 12.8 Å². The number of hydrogen-bond acceptors (Lipinski definition) is 1. The van der Waals surface area contributed by atoms with Crippen molar-refractivity contribution >= 4 is 11.6 Å². The number of halogens is 1. The van der Waals surface area contributed by atoms with Gasteiger partial charge in [0.2, 0.25) is 0 Å². The fourth-order valence-corrected chi connectivity index (χ4v) is 1.57. The molecule has 0 saturated heterocycles. The molecule has 1 nitrogen and oxygen atoms in total. The average molecular weight is 198 g/mol. The van der Waals surface area contributed by atoms with Gasteiger partial charge < -0.3 is 5.73 Å². The minimum absolute atomic E-state index is 0.542. The van der Waals surface area contributed by atoms with Gasteiger partial charge in [-0.1, -0.05) is 24.6 Å². The lowest BCUT2D eigenvalue weighted by Crippen LogP contribution is -2.13. The van der Waals surface area contributed by atoms with E-state index in [1.54, 1.807) is 0 Å². The maximum Gasteiger partial charge on any atom is 0.0408 e. The van der Waals surface area contributed by atoms with E-state index < -0.39 is 0 Å². The van der Waals surface area contributed by atoms with Crippen LogP contribution in [0.5, 0.6) is 0 Å². The SMILES string of the molecule is Cc1cc(Cl)ccc1CC(C)CN. The van der Waals surface area contributed by atoms with Gasteiger partial charge in [-0.25, -0.2) is 0 Å². The van der Waals surface area contributed by atoms with E-state index in [0.717, 1.165) is 18.0 Å². The highest BCUT2D eigenvalue weighted by atomic mass is 35.5. The fraction of sp³-hybridized carbons (Fsp3) is 0.455. The Labute approximate surface area is 84.9 Å². The molecular formula is C11H16ClN. The monoisotopic (exact) mass is 197 g/mol. The van der Waals surface area contributed by atoms with E-state index in [1.807, 2.05) is 12.1 Å². The molecule has 2 N–H and O–H groups in total. The Balaban J connectivity index is 2.77. The van der Waals surface area contributed by atoms with Crippen LogP contribution in [-0.2, 0) is 6.42 Å². The maximum atomic E-state index is 5.86.